The Morgan fingerprint density at radius 2 is 2.15 bits per heavy atom. The molecule has 0 aliphatic carbocycles. The molecule has 0 bridgehead atoms. The molecule has 100 valence electrons. The number of carbonyl (C=O) groups excluding carboxylic acids is 1. The summed E-state index contributed by atoms with van der Waals surface area (Å²) >= 11 is 5.93. The zero-order chi connectivity index (χ0) is 14.1. The number of aryl methyl sites for hydroxylation is 1. The van der Waals surface area contributed by atoms with Gasteiger partial charge in [0.1, 0.15) is 11.3 Å². The molecule has 0 aliphatic heterocycles. The summed E-state index contributed by atoms with van der Waals surface area (Å²) in [5, 5.41) is 1.43. The second kappa shape index (κ2) is 5.10. The molecular weight excluding hydrogens is 274 g/mol. The standard InChI is InChI=1S/C16H12ClNO2/c1-2-10-4-3-7-18-15(10)16(19)14-9-11-8-12(17)5-6-13(11)20-14/h3-9H,2H2,1H3. The molecule has 0 fully saturated rings. The minimum atomic E-state index is -0.199. The van der Waals surface area contributed by atoms with Crippen LogP contribution >= 0.6 is 11.6 Å². The monoisotopic (exact) mass is 285 g/mol. The van der Waals surface area contributed by atoms with Crippen LogP contribution in [0.25, 0.3) is 11.0 Å². The first-order valence-corrected chi connectivity index (χ1v) is 6.74. The molecule has 20 heavy (non-hydrogen) atoms. The quantitative estimate of drug-likeness (QED) is 0.675. The lowest BCUT2D eigenvalue weighted by Crippen LogP contribution is -2.06. The van der Waals surface area contributed by atoms with Crippen molar-refractivity contribution in [3.8, 4) is 0 Å². The zero-order valence-corrected chi connectivity index (χ0v) is 11.6. The van der Waals surface area contributed by atoms with Gasteiger partial charge in [0.05, 0.1) is 0 Å². The molecule has 0 amide bonds. The van der Waals surface area contributed by atoms with Crippen LogP contribution in [-0.2, 0) is 6.42 Å². The van der Waals surface area contributed by atoms with Crippen molar-refractivity contribution < 1.29 is 9.21 Å². The van der Waals surface area contributed by atoms with E-state index in [1.807, 2.05) is 19.1 Å². The van der Waals surface area contributed by atoms with Gasteiger partial charge in [0.25, 0.3) is 0 Å². The van der Waals surface area contributed by atoms with Crippen LogP contribution in [0.4, 0.5) is 0 Å². The smallest absolute Gasteiger partial charge is 0.246 e. The van der Waals surface area contributed by atoms with Crippen LogP contribution in [0.5, 0.6) is 0 Å². The molecule has 0 atom stereocenters. The van der Waals surface area contributed by atoms with Crippen molar-refractivity contribution in [2.24, 2.45) is 0 Å². The third-order valence-corrected chi connectivity index (χ3v) is 3.42. The molecule has 3 aromatic rings. The minimum Gasteiger partial charge on any atom is -0.453 e. The van der Waals surface area contributed by atoms with E-state index in [2.05, 4.69) is 4.98 Å². The molecule has 0 N–H and O–H groups in total. The highest BCUT2D eigenvalue weighted by Crippen LogP contribution is 2.24. The summed E-state index contributed by atoms with van der Waals surface area (Å²) in [5.41, 5.74) is 2.00. The number of carbonyl (C=O) groups is 1. The summed E-state index contributed by atoms with van der Waals surface area (Å²) in [4.78, 5) is 16.7. The van der Waals surface area contributed by atoms with Crippen LogP contribution in [-0.4, -0.2) is 10.8 Å². The molecule has 3 rings (SSSR count). The Morgan fingerprint density at radius 1 is 1.30 bits per heavy atom. The summed E-state index contributed by atoms with van der Waals surface area (Å²) in [7, 11) is 0. The molecule has 0 saturated heterocycles. The van der Waals surface area contributed by atoms with Gasteiger partial charge in [-0.2, -0.15) is 0 Å². The third-order valence-electron chi connectivity index (χ3n) is 3.19. The highest BCUT2D eigenvalue weighted by molar-refractivity contribution is 6.31. The Kier molecular flexibility index (Phi) is 3.28. The lowest BCUT2D eigenvalue weighted by Gasteiger charge is -2.02. The van der Waals surface area contributed by atoms with Crippen LogP contribution in [0.15, 0.2) is 47.0 Å². The van der Waals surface area contributed by atoms with E-state index in [4.69, 9.17) is 16.0 Å². The van der Waals surface area contributed by atoms with E-state index in [1.165, 1.54) is 0 Å². The second-order valence-corrected chi connectivity index (χ2v) is 4.92. The largest absolute Gasteiger partial charge is 0.453 e. The zero-order valence-electron chi connectivity index (χ0n) is 10.9. The van der Waals surface area contributed by atoms with E-state index in [9.17, 15) is 4.79 Å². The molecule has 2 aromatic heterocycles. The number of benzene rings is 1. The van der Waals surface area contributed by atoms with Crippen molar-refractivity contribution in [3.63, 3.8) is 0 Å². The Balaban J connectivity index is 2.08. The molecule has 3 nitrogen and oxygen atoms in total. The number of pyridine rings is 1. The number of fused-ring (bicyclic) bond motifs is 1. The van der Waals surface area contributed by atoms with Gasteiger partial charge in [-0.1, -0.05) is 24.6 Å². The Morgan fingerprint density at radius 3 is 2.95 bits per heavy atom. The Labute approximate surface area is 121 Å². The number of nitrogens with zero attached hydrogens (tertiary/aromatic N) is 1. The van der Waals surface area contributed by atoms with Gasteiger partial charge in [0.2, 0.25) is 5.78 Å². The number of halogens is 1. The summed E-state index contributed by atoms with van der Waals surface area (Å²) in [6, 6.07) is 10.7. The van der Waals surface area contributed by atoms with Crippen molar-refractivity contribution in [1.29, 1.82) is 0 Å². The fraction of sp³-hybridized carbons (Fsp3) is 0.125. The van der Waals surface area contributed by atoms with Gasteiger partial charge in [-0.05, 0) is 42.3 Å². The molecule has 0 unspecified atom stereocenters. The van der Waals surface area contributed by atoms with Gasteiger partial charge >= 0.3 is 0 Å². The molecule has 0 spiro atoms. The van der Waals surface area contributed by atoms with E-state index < -0.39 is 0 Å². The lowest BCUT2D eigenvalue weighted by atomic mass is 10.1. The summed E-state index contributed by atoms with van der Waals surface area (Å²) < 4.78 is 5.59. The first kappa shape index (κ1) is 12.9. The van der Waals surface area contributed by atoms with E-state index in [0.29, 0.717) is 16.3 Å². The van der Waals surface area contributed by atoms with Crippen LogP contribution < -0.4 is 0 Å². The predicted molar refractivity (Wildman–Crippen MR) is 78.3 cm³/mol. The highest BCUT2D eigenvalue weighted by atomic mass is 35.5. The molecule has 4 heteroatoms. The highest BCUT2D eigenvalue weighted by Gasteiger charge is 2.18. The van der Waals surface area contributed by atoms with Gasteiger partial charge in [-0.15, -0.1) is 0 Å². The van der Waals surface area contributed by atoms with E-state index >= 15 is 0 Å². The normalized spacial score (nSPS) is 10.9. The van der Waals surface area contributed by atoms with E-state index in [0.717, 1.165) is 17.4 Å². The number of furan rings is 1. The summed E-state index contributed by atoms with van der Waals surface area (Å²) in [6.45, 7) is 1.99. The van der Waals surface area contributed by atoms with Crippen molar-refractivity contribution in [2.45, 2.75) is 13.3 Å². The second-order valence-electron chi connectivity index (χ2n) is 4.49. The van der Waals surface area contributed by atoms with Crippen LogP contribution in [0, 0.1) is 0 Å². The molecule has 1 aromatic carbocycles. The van der Waals surface area contributed by atoms with E-state index in [1.54, 1.807) is 30.5 Å². The maximum atomic E-state index is 12.5. The van der Waals surface area contributed by atoms with Crippen LogP contribution in [0.2, 0.25) is 5.02 Å². The number of hydrogen-bond donors (Lipinski definition) is 0. The maximum absolute atomic E-state index is 12.5. The lowest BCUT2D eigenvalue weighted by molar-refractivity contribution is 0.101. The Hall–Kier alpha value is -2.13. The van der Waals surface area contributed by atoms with Crippen LogP contribution in [0.3, 0.4) is 0 Å². The SMILES string of the molecule is CCc1cccnc1C(=O)c1cc2cc(Cl)ccc2o1. The van der Waals surface area contributed by atoms with Crippen molar-refractivity contribution >= 4 is 28.4 Å². The van der Waals surface area contributed by atoms with Gasteiger partial charge in [-0.3, -0.25) is 9.78 Å². The van der Waals surface area contributed by atoms with Crippen molar-refractivity contribution in [3.05, 3.63) is 64.6 Å². The summed E-state index contributed by atoms with van der Waals surface area (Å²) in [5.74, 6) is 0.0884. The van der Waals surface area contributed by atoms with Gasteiger partial charge in [0.15, 0.2) is 5.76 Å². The summed E-state index contributed by atoms with van der Waals surface area (Å²) in [6.07, 6.45) is 2.37. The fourth-order valence-corrected chi connectivity index (χ4v) is 2.35. The first-order valence-electron chi connectivity index (χ1n) is 6.36. The number of ketones is 1. The number of hydrogen-bond acceptors (Lipinski definition) is 3. The Bertz CT molecular complexity index is 792. The molecule has 2 heterocycles. The molecule has 0 aliphatic rings. The topological polar surface area (TPSA) is 43.1 Å². The van der Waals surface area contributed by atoms with Crippen molar-refractivity contribution in [2.75, 3.05) is 0 Å². The van der Waals surface area contributed by atoms with Crippen molar-refractivity contribution in [1.82, 2.24) is 4.98 Å². The van der Waals surface area contributed by atoms with Gasteiger partial charge in [0, 0.05) is 16.6 Å². The molecule has 0 saturated carbocycles. The van der Waals surface area contributed by atoms with E-state index in [-0.39, 0.29) is 11.5 Å². The molecule has 0 radical (unpaired) electrons. The molecular formula is C16H12ClNO2. The predicted octanol–water partition coefficient (Wildman–Crippen LogP) is 4.27. The fourth-order valence-electron chi connectivity index (χ4n) is 2.17. The van der Waals surface area contributed by atoms with Crippen LogP contribution in [0.1, 0.15) is 28.7 Å². The maximum Gasteiger partial charge on any atom is 0.246 e. The van der Waals surface area contributed by atoms with Gasteiger partial charge < -0.3 is 4.42 Å². The van der Waals surface area contributed by atoms with Gasteiger partial charge in [-0.25, -0.2) is 0 Å². The third kappa shape index (κ3) is 2.21. The average Bonchev–Trinajstić information content (AvgIpc) is 2.89. The first-order chi connectivity index (χ1) is 9.69. The minimum absolute atomic E-state index is 0.199. The average molecular weight is 286 g/mol. The number of aromatic nitrogens is 1. The number of rotatable bonds is 3.